The molecule has 1 aromatic heterocycles. The number of nitrogens with zero attached hydrogens (tertiary/aromatic N) is 1. The predicted octanol–water partition coefficient (Wildman–Crippen LogP) is 2.34. The number of carboxylic acid groups (broad SMARTS) is 1. The van der Waals surface area contributed by atoms with Crippen molar-refractivity contribution in [3.05, 3.63) is 46.2 Å². The Labute approximate surface area is 124 Å². The molecule has 2 aromatic rings. The molecule has 1 amide bonds. The smallest absolute Gasteiger partial charge is 0.346 e. The van der Waals surface area contributed by atoms with E-state index in [1.54, 1.807) is 24.3 Å². The quantitative estimate of drug-likeness (QED) is 0.883. The first-order chi connectivity index (χ1) is 10.1. The molecule has 0 bridgehead atoms. The van der Waals surface area contributed by atoms with Gasteiger partial charge in [-0.15, -0.1) is 11.3 Å². The molecule has 106 valence electrons. The van der Waals surface area contributed by atoms with Gasteiger partial charge < -0.3 is 15.2 Å². The van der Waals surface area contributed by atoms with E-state index >= 15 is 0 Å². The lowest BCUT2D eigenvalue weighted by Gasteiger charge is -2.06. The Bertz CT molecular complexity index is 701. The molecular weight excluding hydrogens is 292 g/mol. The van der Waals surface area contributed by atoms with Gasteiger partial charge in [0.25, 0.3) is 5.91 Å². The van der Waals surface area contributed by atoms with Gasteiger partial charge in [-0.2, -0.15) is 5.26 Å². The van der Waals surface area contributed by atoms with Crippen LogP contribution in [0.15, 0.2) is 35.7 Å². The lowest BCUT2D eigenvalue weighted by Crippen LogP contribution is -2.19. The van der Waals surface area contributed by atoms with Crippen LogP contribution in [0.3, 0.4) is 0 Å². The summed E-state index contributed by atoms with van der Waals surface area (Å²) in [6, 6.07) is 9.76. The van der Waals surface area contributed by atoms with Crippen molar-refractivity contribution in [2.45, 2.75) is 0 Å². The number of rotatable bonds is 5. The van der Waals surface area contributed by atoms with Crippen LogP contribution in [-0.4, -0.2) is 23.6 Å². The van der Waals surface area contributed by atoms with E-state index in [-0.39, 0.29) is 17.4 Å². The zero-order valence-electron chi connectivity index (χ0n) is 10.7. The number of anilines is 1. The average molecular weight is 302 g/mol. The number of nitriles is 1. The first-order valence-corrected chi connectivity index (χ1v) is 6.71. The molecule has 2 N–H and O–H groups in total. The lowest BCUT2D eigenvalue weighted by molar-refractivity contribution is -0.118. The van der Waals surface area contributed by atoms with E-state index in [2.05, 4.69) is 5.32 Å². The van der Waals surface area contributed by atoms with E-state index in [4.69, 9.17) is 15.1 Å². The van der Waals surface area contributed by atoms with Crippen molar-refractivity contribution in [3.8, 4) is 11.8 Å². The second-order valence-electron chi connectivity index (χ2n) is 3.98. The summed E-state index contributed by atoms with van der Waals surface area (Å²) in [6.07, 6.45) is 0. The summed E-state index contributed by atoms with van der Waals surface area (Å²) >= 11 is 1.03. The highest BCUT2D eigenvalue weighted by atomic mass is 32.1. The molecule has 7 heteroatoms. The molecule has 1 aromatic carbocycles. The van der Waals surface area contributed by atoms with Crippen molar-refractivity contribution in [3.63, 3.8) is 0 Å². The number of carboxylic acids is 1. The normalized spacial score (nSPS) is 9.67. The van der Waals surface area contributed by atoms with Crippen molar-refractivity contribution in [1.29, 1.82) is 5.26 Å². The molecule has 6 nitrogen and oxygen atoms in total. The number of benzene rings is 1. The maximum atomic E-state index is 11.7. The molecule has 0 aliphatic heterocycles. The van der Waals surface area contributed by atoms with Crippen LogP contribution in [0, 0.1) is 11.3 Å². The summed E-state index contributed by atoms with van der Waals surface area (Å²) in [5.41, 5.74) is 1.06. The minimum absolute atomic E-state index is 0.150. The van der Waals surface area contributed by atoms with E-state index in [1.165, 1.54) is 11.4 Å². The molecule has 0 aliphatic carbocycles. The van der Waals surface area contributed by atoms with Gasteiger partial charge >= 0.3 is 5.97 Å². The largest absolute Gasteiger partial charge is 0.483 e. The molecule has 0 fully saturated rings. The van der Waals surface area contributed by atoms with Crippen LogP contribution in [-0.2, 0) is 4.79 Å². The zero-order valence-corrected chi connectivity index (χ0v) is 11.5. The van der Waals surface area contributed by atoms with Crippen molar-refractivity contribution in [2.24, 2.45) is 0 Å². The van der Waals surface area contributed by atoms with Gasteiger partial charge in [-0.05, 0) is 24.3 Å². The van der Waals surface area contributed by atoms with Crippen molar-refractivity contribution < 1.29 is 19.4 Å². The minimum atomic E-state index is -1.03. The van der Waals surface area contributed by atoms with Crippen molar-refractivity contribution in [2.75, 3.05) is 11.9 Å². The molecule has 0 atom stereocenters. The molecule has 0 radical (unpaired) electrons. The van der Waals surface area contributed by atoms with E-state index in [9.17, 15) is 9.59 Å². The topological polar surface area (TPSA) is 99.4 Å². The summed E-state index contributed by atoms with van der Waals surface area (Å²) in [5.74, 6) is -1.06. The number of carbonyl (C=O) groups is 2. The molecule has 21 heavy (non-hydrogen) atoms. The second kappa shape index (κ2) is 6.54. The van der Waals surface area contributed by atoms with Gasteiger partial charge in [0.1, 0.15) is 10.6 Å². The molecule has 2 rings (SSSR count). The third-order valence-corrected chi connectivity index (χ3v) is 3.35. The fourth-order valence-corrected chi connectivity index (χ4v) is 2.14. The molecule has 0 saturated carbocycles. The maximum Gasteiger partial charge on any atom is 0.346 e. The monoisotopic (exact) mass is 302 g/mol. The highest BCUT2D eigenvalue weighted by Crippen LogP contribution is 2.21. The predicted molar refractivity (Wildman–Crippen MR) is 76.6 cm³/mol. The number of hydrogen-bond donors (Lipinski definition) is 2. The fourth-order valence-electron chi connectivity index (χ4n) is 1.48. The summed E-state index contributed by atoms with van der Waals surface area (Å²) < 4.78 is 5.20. The fraction of sp³-hybridized carbons (Fsp3) is 0.0714. The van der Waals surface area contributed by atoms with Crippen LogP contribution in [0.4, 0.5) is 5.69 Å². The van der Waals surface area contributed by atoms with Crippen LogP contribution < -0.4 is 10.1 Å². The van der Waals surface area contributed by atoms with Crippen LogP contribution in [0.25, 0.3) is 0 Å². The maximum absolute atomic E-state index is 11.7. The number of ether oxygens (including phenoxy) is 1. The van der Waals surface area contributed by atoms with Crippen molar-refractivity contribution in [1.82, 2.24) is 0 Å². The number of hydrogen-bond acceptors (Lipinski definition) is 5. The second-order valence-corrected chi connectivity index (χ2v) is 4.89. The third kappa shape index (κ3) is 4.06. The van der Waals surface area contributed by atoms with E-state index in [0.717, 1.165) is 11.3 Å². The summed E-state index contributed by atoms with van der Waals surface area (Å²) in [7, 11) is 0. The number of thiophene rings is 1. The number of amides is 1. The summed E-state index contributed by atoms with van der Waals surface area (Å²) in [4.78, 5) is 22.5. The number of nitrogens with one attached hydrogen (secondary N) is 1. The Morgan fingerprint density at radius 1 is 1.33 bits per heavy atom. The van der Waals surface area contributed by atoms with E-state index in [0.29, 0.717) is 17.0 Å². The Morgan fingerprint density at radius 2 is 2.05 bits per heavy atom. The Balaban J connectivity index is 1.86. The standard InChI is InChI=1S/C14H10N2O4S/c15-6-9-1-3-10(4-2-9)16-13(17)7-20-11-5-12(14(18)19)21-8-11/h1-5,8H,7H2,(H,16,17)(H,18,19). The minimum Gasteiger partial charge on any atom is -0.483 e. The molecular formula is C14H10N2O4S. The zero-order chi connectivity index (χ0) is 15.2. The van der Waals surface area contributed by atoms with Gasteiger partial charge in [0, 0.05) is 17.1 Å². The average Bonchev–Trinajstić information content (AvgIpc) is 2.95. The number of carbonyl (C=O) groups excluding carboxylic acids is 1. The van der Waals surface area contributed by atoms with Crippen LogP contribution in [0.1, 0.15) is 15.2 Å². The van der Waals surface area contributed by atoms with E-state index in [1.807, 2.05) is 6.07 Å². The number of aromatic carboxylic acids is 1. The Kier molecular flexibility index (Phi) is 4.53. The van der Waals surface area contributed by atoms with E-state index < -0.39 is 5.97 Å². The molecule has 0 aliphatic rings. The first-order valence-electron chi connectivity index (χ1n) is 5.83. The highest BCUT2D eigenvalue weighted by Gasteiger charge is 2.09. The SMILES string of the molecule is N#Cc1ccc(NC(=O)COc2csc(C(=O)O)c2)cc1. The molecule has 0 saturated heterocycles. The van der Waals surface area contributed by atoms with Gasteiger partial charge in [0.05, 0.1) is 11.6 Å². The summed E-state index contributed by atoms with van der Waals surface area (Å²) in [5, 5.41) is 21.6. The van der Waals surface area contributed by atoms with Gasteiger partial charge in [0.15, 0.2) is 6.61 Å². The highest BCUT2D eigenvalue weighted by molar-refractivity contribution is 7.12. The van der Waals surface area contributed by atoms with Gasteiger partial charge in [-0.25, -0.2) is 4.79 Å². The Morgan fingerprint density at radius 3 is 2.62 bits per heavy atom. The van der Waals surface area contributed by atoms with Gasteiger partial charge in [-0.1, -0.05) is 0 Å². The van der Waals surface area contributed by atoms with Crippen molar-refractivity contribution >= 4 is 28.9 Å². The lowest BCUT2D eigenvalue weighted by atomic mass is 10.2. The van der Waals surface area contributed by atoms with Crippen LogP contribution in [0.2, 0.25) is 0 Å². The van der Waals surface area contributed by atoms with Crippen LogP contribution >= 0.6 is 11.3 Å². The first kappa shape index (κ1) is 14.6. The Hall–Kier alpha value is -2.85. The molecule has 1 heterocycles. The van der Waals surface area contributed by atoms with Gasteiger partial charge in [-0.3, -0.25) is 4.79 Å². The van der Waals surface area contributed by atoms with Gasteiger partial charge in [0.2, 0.25) is 0 Å². The summed E-state index contributed by atoms with van der Waals surface area (Å²) in [6.45, 7) is -0.226. The third-order valence-electron chi connectivity index (χ3n) is 2.45. The van der Waals surface area contributed by atoms with Crippen LogP contribution in [0.5, 0.6) is 5.75 Å². The molecule has 0 unspecified atom stereocenters. The molecule has 0 spiro atoms.